The highest BCUT2D eigenvalue weighted by molar-refractivity contribution is 6.23. The summed E-state index contributed by atoms with van der Waals surface area (Å²) in [7, 11) is 0. The molecule has 4 nitrogen and oxygen atoms in total. The summed E-state index contributed by atoms with van der Waals surface area (Å²) in [5.74, 6) is -0.290. The molecule has 0 radical (unpaired) electrons. The summed E-state index contributed by atoms with van der Waals surface area (Å²) in [6.07, 6.45) is 0.920. The molecule has 0 bridgehead atoms. The molecule has 0 aliphatic rings. The van der Waals surface area contributed by atoms with Crippen LogP contribution < -0.4 is 0 Å². The molecule has 0 saturated heterocycles. The van der Waals surface area contributed by atoms with E-state index < -0.39 is 0 Å². The second-order valence-electron chi connectivity index (χ2n) is 3.79. The molecular weight excluding hydrogens is 202 g/mol. The number of carbonyl (C=O) groups is 1. The van der Waals surface area contributed by atoms with Crippen molar-refractivity contribution in [1.82, 2.24) is 4.90 Å². The van der Waals surface area contributed by atoms with Gasteiger partial charge in [-0.2, -0.15) is 4.79 Å². The van der Waals surface area contributed by atoms with Gasteiger partial charge in [0.15, 0.2) is 0 Å². The van der Waals surface area contributed by atoms with Crippen LogP contribution in [0.2, 0.25) is 0 Å². The fraction of sp³-hybridized carbons (Fsp3) is 0.333. The van der Waals surface area contributed by atoms with Crippen LogP contribution in [-0.2, 0) is 11.3 Å². The molecule has 16 heavy (non-hydrogen) atoms. The van der Waals surface area contributed by atoms with Gasteiger partial charge in [-0.1, -0.05) is 30.3 Å². The van der Waals surface area contributed by atoms with Gasteiger partial charge in [0.25, 0.3) is 0 Å². The summed E-state index contributed by atoms with van der Waals surface area (Å²) < 4.78 is 0. The van der Waals surface area contributed by atoms with Crippen molar-refractivity contribution in [3.8, 4) is 0 Å². The van der Waals surface area contributed by atoms with E-state index in [9.17, 15) is 4.79 Å². The van der Waals surface area contributed by atoms with Gasteiger partial charge < -0.3 is 10.4 Å². The smallest absolute Gasteiger partial charge is 0.344 e. The molecule has 84 valence electrons. The molecule has 0 fully saturated rings. The first-order valence-electron chi connectivity index (χ1n) is 5.17. The molecule has 0 N–H and O–H groups in total. The van der Waals surface area contributed by atoms with Crippen molar-refractivity contribution in [3.63, 3.8) is 0 Å². The Bertz CT molecular complexity index is 394. The van der Waals surface area contributed by atoms with Gasteiger partial charge >= 0.3 is 12.1 Å². The summed E-state index contributed by atoms with van der Waals surface area (Å²) in [5, 5.41) is 0. The van der Waals surface area contributed by atoms with E-state index in [-0.39, 0.29) is 11.9 Å². The Morgan fingerprint density at radius 3 is 2.56 bits per heavy atom. The Balaban J connectivity index is 2.80. The minimum Gasteiger partial charge on any atom is -0.361 e. The average Bonchev–Trinajstić information content (AvgIpc) is 2.27. The van der Waals surface area contributed by atoms with Crippen LogP contribution in [0.4, 0.5) is 0 Å². The quantitative estimate of drug-likeness (QED) is 0.430. The number of hydrogen-bond acceptors (Lipinski definition) is 1. The first-order valence-corrected chi connectivity index (χ1v) is 5.17. The summed E-state index contributed by atoms with van der Waals surface area (Å²) in [5.41, 5.74) is 9.41. The highest BCUT2D eigenvalue weighted by Crippen LogP contribution is 2.07. The second kappa shape index (κ2) is 5.83. The maximum atomic E-state index is 11.6. The lowest BCUT2D eigenvalue weighted by atomic mass is 10.2. The van der Waals surface area contributed by atoms with E-state index in [4.69, 9.17) is 5.53 Å². The highest BCUT2D eigenvalue weighted by Gasteiger charge is 2.18. The third-order valence-electron chi connectivity index (χ3n) is 2.27. The topological polar surface area (TPSA) is 56.7 Å². The first-order chi connectivity index (χ1) is 7.65. The summed E-state index contributed by atoms with van der Waals surface area (Å²) in [6.45, 7) is 4.36. The zero-order valence-electron chi connectivity index (χ0n) is 9.50. The standard InChI is InChI=1S/C12H15N3O/c1-10(2)15(12(16)8-14-13)9-11-6-4-3-5-7-11/h3-8,10H,9H2,1-2H3. The molecule has 1 aromatic rings. The van der Waals surface area contributed by atoms with E-state index in [1.165, 1.54) is 0 Å². The highest BCUT2D eigenvalue weighted by atomic mass is 16.2. The van der Waals surface area contributed by atoms with Crippen LogP contribution in [-0.4, -0.2) is 27.9 Å². The SMILES string of the molecule is CC(C)N(Cc1ccccc1)C(=O)C=[N+]=[N-]. The Hall–Kier alpha value is -1.93. The second-order valence-corrected chi connectivity index (χ2v) is 3.79. The molecule has 0 saturated carbocycles. The van der Waals surface area contributed by atoms with Crippen LogP contribution in [0.5, 0.6) is 0 Å². The first kappa shape index (κ1) is 12.1. The van der Waals surface area contributed by atoms with Gasteiger partial charge in [0.1, 0.15) is 0 Å². The molecular formula is C12H15N3O. The van der Waals surface area contributed by atoms with E-state index >= 15 is 0 Å². The Labute approximate surface area is 95.1 Å². The van der Waals surface area contributed by atoms with Crippen molar-refractivity contribution in [1.29, 1.82) is 0 Å². The number of benzene rings is 1. The fourth-order valence-electron chi connectivity index (χ4n) is 1.42. The van der Waals surface area contributed by atoms with Gasteiger partial charge in [0.05, 0.1) is 0 Å². The van der Waals surface area contributed by atoms with E-state index in [1.54, 1.807) is 4.90 Å². The zero-order valence-corrected chi connectivity index (χ0v) is 9.50. The van der Waals surface area contributed by atoms with E-state index in [0.29, 0.717) is 6.54 Å². The lowest BCUT2D eigenvalue weighted by molar-refractivity contribution is -0.129. The Morgan fingerprint density at radius 2 is 2.06 bits per heavy atom. The number of amides is 1. The lowest BCUT2D eigenvalue weighted by Gasteiger charge is -2.23. The lowest BCUT2D eigenvalue weighted by Crippen LogP contribution is -2.37. The third-order valence-corrected chi connectivity index (χ3v) is 2.27. The molecule has 1 rings (SSSR count). The predicted molar refractivity (Wildman–Crippen MR) is 61.8 cm³/mol. The van der Waals surface area contributed by atoms with Gasteiger partial charge in [-0.25, -0.2) is 0 Å². The molecule has 0 unspecified atom stereocenters. The predicted octanol–water partition coefficient (Wildman–Crippen LogP) is 1.72. The number of hydrogen-bond donors (Lipinski definition) is 0. The van der Waals surface area contributed by atoms with Crippen molar-refractivity contribution >= 4 is 12.1 Å². The molecule has 0 aliphatic carbocycles. The monoisotopic (exact) mass is 217 g/mol. The maximum Gasteiger partial charge on any atom is 0.344 e. The largest absolute Gasteiger partial charge is 0.361 e. The fourth-order valence-corrected chi connectivity index (χ4v) is 1.42. The summed E-state index contributed by atoms with van der Waals surface area (Å²) in [4.78, 5) is 16.0. The Morgan fingerprint density at radius 1 is 1.44 bits per heavy atom. The van der Waals surface area contributed by atoms with Crippen LogP contribution >= 0.6 is 0 Å². The van der Waals surface area contributed by atoms with Crippen molar-refractivity contribution in [2.75, 3.05) is 0 Å². The Kier molecular flexibility index (Phi) is 4.42. The van der Waals surface area contributed by atoms with Crippen LogP contribution in [0.25, 0.3) is 5.53 Å². The van der Waals surface area contributed by atoms with Gasteiger partial charge in [-0.05, 0) is 19.4 Å². The number of carbonyl (C=O) groups excluding carboxylic acids is 1. The average molecular weight is 217 g/mol. The van der Waals surface area contributed by atoms with Gasteiger partial charge in [0, 0.05) is 12.6 Å². The molecule has 0 spiro atoms. The molecule has 0 aliphatic heterocycles. The van der Waals surface area contributed by atoms with Crippen LogP contribution in [0.15, 0.2) is 30.3 Å². The van der Waals surface area contributed by atoms with Crippen LogP contribution in [0, 0.1) is 0 Å². The normalized spacial score (nSPS) is 9.69. The number of nitrogens with zero attached hydrogens (tertiary/aromatic N) is 3. The van der Waals surface area contributed by atoms with E-state index in [0.717, 1.165) is 11.8 Å². The minimum absolute atomic E-state index is 0.0608. The van der Waals surface area contributed by atoms with Gasteiger partial charge in [-0.3, -0.25) is 4.79 Å². The van der Waals surface area contributed by atoms with Crippen molar-refractivity contribution in [2.24, 2.45) is 0 Å². The molecule has 1 aromatic carbocycles. The summed E-state index contributed by atoms with van der Waals surface area (Å²) >= 11 is 0. The zero-order chi connectivity index (χ0) is 12.0. The van der Waals surface area contributed by atoms with Crippen LogP contribution in [0.3, 0.4) is 0 Å². The van der Waals surface area contributed by atoms with E-state index in [2.05, 4.69) is 4.79 Å². The van der Waals surface area contributed by atoms with Crippen molar-refractivity contribution in [2.45, 2.75) is 26.4 Å². The van der Waals surface area contributed by atoms with Crippen molar-refractivity contribution < 1.29 is 9.58 Å². The minimum atomic E-state index is -0.290. The molecule has 1 amide bonds. The molecule has 0 aromatic heterocycles. The summed E-state index contributed by atoms with van der Waals surface area (Å²) in [6, 6.07) is 9.76. The maximum absolute atomic E-state index is 11.6. The van der Waals surface area contributed by atoms with Crippen molar-refractivity contribution in [3.05, 3.63) is 41.4 Å². The molecule has 4 heteroatoms. The van der Waals surface area contributed by atoms with Crippen LogP contribution in [0.1, 0.15) is 19.4 Å². The molecule has 0 heterocycles. The number of rotatable bonds is 4. The third kappa shape index (κ3) is 3.33. The van der Waals surface area contributed by atoms with Gasteiger partial charge in [-0.15, -0.1) is 0 Å². The van der Waals surface area contributed by atoms with E-state index in [1.807, 2.05) is 44.2 Å². The van der Waals surface area contributed by atoms with Gasteiger partial charge in [0.2, 0.25) is 0 Å². The molecule has 0 atom stereocenters.